The molecule has 0 spiro atoms. The Morgan fingerprint density at radius 1 is 1.11 bits per heavy atom. The summed E-state index contributed by atoms with van der Waals surface area (Å²) >= 11 is 0. The molecule has 0 aliphatic heterocycles. The largest absolute Gasteiger partial charge is 0.496 e. The molecular formula is C21H28N4O2. The fourth-order valence-electron chi connectivity index (χ4n) is 2.71. The first-order chi connectivity index (χ1) is 13.0. The first-order valence-electron chi connectivity index (χ1n) is 9.08. The molecule has 0 aliphatic carbocycles. The van der Waals surface area contributed by atoms with E-state index in [4.69, 9.17) is 10.5 Å². The lowest BCUT2D eigenvalue weighted by atomic mass is 10.1. The average Bonchev–Trinajstić information content (AvgIpc) is 2.70. The van der Waals surface area contributed by atoms with Crippen molar-refractivity contribution in [2.45, 2.75) is 27.3 Å². The third kappa shape index (κ3) is 5.56. The molecule has 0 aliphatic rings. The summed E-state index contributed by atoms with van der Waals surface area (Å²) in [4.78, 5) is 14.5. The molecule has 0 atom stereocenters. The van der Waals surface area contributed by atoms with Gasteiger partial charge in [-0.2, -0.15) is 5.10 Å². The average molecular weight is 368 g/mol. The highest BCUT2D eigenvalue weighted by molar-refractivity contribution is 6.01. The number of rotatable bonds is 8. The van der Waals surface area contributed by atoms with Gasteiger partial charge in [-0.15, -0.1) is 0 Å². The van der Waals surface area contributed by atoms with Gasteiger partial charge < -0.3 is 10.5 Å². The Bertz CT molecular complexity index is 796. The molecule has 27 heavy (non-hydrogen) atoms. The lowest BCUT2D eigenvalue weighted by Crippen LogP contribution is -2.22. The van der Waals surface area contributed by atoms with Crippen LogP contribution in [0, 0.1) is 0 Å². The van der Waals surface area contributed by atoms with Crippen molar-refractivity contribution in [2.24, 2.45) is 5.10 Å². The molecule has 0 fully saturated rings. The van der Waals surface area contributed by atoms with Gasteiger partial charge in [0.25, 0.3) is 5.91 Å². The highest BCUT2D eigenvalue weighted by Gasteiger charge is 2.10. The molecule has 6 nitrogen and oxygen atoms in total. The highest BCUT2D eigenvalue weighted by atomic mass is 16.5. The van der Waals surface area contributed by atoms with Crippen LogP contribution >= 0.6 is 0 Å². The fourth-order valence-corrected chi connectivity index (χ4v) is 2.71. The minimum atomic E-state index is -0.272. The molecule has 2 aromatic carbocycles. The maximum absolute atomic E-state index is 12.2. The molecule has 6 heteroatoms. The van der Waals surface area contributed by atoms with Crippen molar-refractivity contribution in [1.29, 1.82) is 0 Å². The number of hydrazone groups is 1. The summed E-state index contributed by atoms with van der Waals surface area (Å²) in [5, 5.41) is 4.24. The zero-order chi connectivity index (χ0) is 19.8. The van der Waals surface area contributed by atoms with Crippen molar-refractivity contribution >= 4 is 17.3 Å². The summed E-state index contributed by atoms with van der Waals surface area (Å²) in [5.41, 5.74) is 12.1. The third-order valence-corrected chi connectivity index (χ3v) is 4.48. The quantitative estimate of drug-likeness (QED) is 0.426. The number of hydrogen-bond donors (Lipinski definition) is 2. The number of nitrogens with one attached hydrogen (secondary N) is 1. The number of carbonyl (C=O) groups excluding carboxylic acids is 1. The predicted molar refractivity (Wildman–Crippen MR) is 110 cm³/mol. The van der Waals surface area contributed by atoms with Crippen LogP contribution in [0.25, 0.3) is 0 Å². The van der Waals surface area contributed by atoms with E-state index in [2.05, 4.69) is 35.3 Å². The molecular weight excluding hydrogens is 340 g/mol. The zero-order valence-corrected chi connectivity index (χ0v) is 16.5. The standard InChI is InChI=1S/C21H28N4O2/c1-5-25(6-2)14-18-13-17(9-12-20(18)27-4)15(3)23-24-21(26)16-7-10-19(22)11-8-16/h7-13H,5-6,14,22H2,1-4H3,(H,24,26)/b23-15-. The normalized spacial score (nSPS) is 11.5. The Kier molecular flexibility index (Phi) is 7.37. The summed E-state index contributed by atoms with van der Waals surface area (Å²) < 4.78 is 5.49. The monoisotopic (exact) mass is 368 g/mol. The van der Waals surface area contributed by atoms with Gasteiger partial charge in [0.05, 0.1) is 12.8 Å². The molecule has 0 saturated heterocycles. The molecule has 0 unspecified atom stereocenters. The molecule has 1 amide bonds. The summed E-state index contributed by atoms with van der Waals surface area (Å²) in [7, 11) is 1.68. The predicted octanol–water partition coefficient (Wildman–Crippen LogP) is 3.27. The number of nitrogens with zero attached hydrogens (tertiary/aromatic N) is 2. The van der Waals surface area contributed by atoms with E-state index in [-0.39, 0.29) is 5.91 Å². The number of carbonyl (C=O) groups is 1. The molecule has 0 bridgehead atoms. The second-order valence-corrected chi connectivity index (χ2v) is 6.25. The van der Waals surface area contributed by atoms with Crippen LogP contribution in [0.5, 0.6) is 5.75 Å². The maximum Gasteiger partial charge on any atom is 0.271 e. The van der Waals surface area contributed by atoms with Crippen molar-refractivity contribution in [2.75, 3.05) is 25.9 Å². The molecule has 144 valence electrons. The molecule has 0 radical (unpaired) electrons. The van der Waals surface area contributed by atoms with E-state index in [1.165, 1.54) is 0 Å². The molecule has 0 heterocycles. The minimum absolute atomic E-state index is 0.272. The highest BCUT2D eigenvalue weighted by Crippen LogP contribution is 2.22. The molecule has 0 aromatic heterocycles. The first kappa shape index (κ1) is 20.5. The Labute approximate surface area is 161 Å². The maximum atomic E-state index is 12.2. The van der Waals surface area contributed by atoms with E-state index in [0.29, 0.717) is 11.3 Å². The topological polar surface area (TPSA) is 80.0 Å². The second kappa shape index (κ2) is 9.73. The SMILES string of the molecule is CCN(CC)Cc1cc(/C(C)=N\NC(=O)c2ccc(N)cc2)ccc1OC. The van der Waals surface area contributed by atoms with Crippen LogP contribution in [0.15, 0.2) is 47.6 Å². The van der Waals surface area contributed by atoms with Gasteiger partial charge in [0.2, 0.25) is 0 Å². The van der Waals surface area contributed by atoms with Crippen molar-refractivity contribution in [3.63, 3.8) is 0 Å². The van der Waals surface area contributed by atoms with Gasteiger partial charge in [0, 0.05) is 23.4 Å². The lowest BCUT2D eigenvalue weighted by Gasteiger charge is -2.20. The van der Waals surface area contributed by atoms with Gasteiger partial charge in [-0.3, -0.25) is 9.69 Å². The van der Waals surface area contributed by atoms with Crippen LogP contribution in [0.2, 0.25) is 0 Å². The Balaban J connectivity index is 2.16. The van der Waals surface area contributed by atoms with E-state index < -0.39 is 0 Å². The van der Waals surface area contributed by atoms with Crippen LogP contribution in [0.1, 0.15) is 42.3 Å². The minimum Gasteiger partial charge on any atom is -0.496 e. The number of hydrogen-bond acceptors (Lipinski definition) is 5. The Morgan fingerprint density at radius 3 is 2.33 bits per heavy atom. The third-order valence-electron chi connectivity index (χ3n) is 4.48. The van der Waals surface area contributed by atoms with Crippen LogP contribution < -0.4 is 15.9 Å². The number of benzene rings is 2. The van der Waals surface area contributed by atoms with Crippen LogP contribution in [-0.4, -0.2) is 36.7 Å². The first-order valence-corrected chi connectivity index (χ1v) is 9.08. The van der Waals surface area contributed by atoms with Crippen LogP contribution in [-0.2, 0) is 6.54 Å². The van der Waals surface area contributed by atoms with Gasteiger partial charge in [-0.1, -0.05) is 13.8 Å². The lowest BCUT2D eigenvalue weighted by molar-refractivity contribution is 0.0955. The van der Waals surface area contributed by atoms with Crippen molar-refractivity contribution in [3.8, 4) is 5.75 Å². The molecule has 2 rings (SSSR count). The van der Waals surface area contributed by atoms with Crippen molar-refractivity contribution in [1.82, 2.24) is 10.3 Å². The van der Waals surface area contributed by atoms with E-state index in [0.717, 1.165) is 42.2 Å². The second-order valence-electron chi connectivity index (χ2n) is 6.25. The number of methoxy groups -OCH3 is 1. The van der Waals surface area contributed by atoms with Gasteiger partial charge in [0.15, 0.2) is 0 Å². The van der Waals surface area contributed by atoms with E-state index in [1.807, 2.05) is 19.1 Å². The number of nitrogens with two attached hydrogens (primary N) is 1. The molecule has 0 saturated carbocycles. The van der Waals surface area contributed by atoms with Crippen LogP contribution in [0.4, 0.5) is 5.69 Å². The van der Waals surface area contributed by atoms with E-state index in [1.54, 1.807) is 31.4 Å². The summed E-state index contributed by atoms with van der Waals surface area (Å²) in [6.45, 7) is 8.88. The summed E-state index contributed by atoms with van der Waals surface area (Å²) in [6.07, 6.45) is 0. The van der Waals surface area contributed by atoms with Gasteiger partial charge in [-0.25, -0.2) is 5.43 Å². The van der Waals surface area contributed by atoms with Gasteiger partial charge >= 0.3 is 0 Å². The van der Waals surface area contributed by atoms with Crippen molar-refractivity contribution in [3.05, 3.63) is 59.2 Å². The number of ether oxygens (including phenoxy) is 1. The summed E-state index contributed by atoms with van der Waals surface area (Å²) in [5.74, 6) is 0.579. The Hall–Kier alpha value is -2.86. The molecule has 2 aromatic rings. The fraction of sp³-hybridized carbons (Fsp3) is 0.333. The smallest absolute Gasteiger partial charge is 0.271 e. The summed E-state index contributed by atoms with van der Waals surface area (Å²) in [6, 6.07) is 12.7. The number of amides is 1. The van der Waals surface area contributed by atoms with E-state index in [9.17, 15) is 4.79 Å². The van der Waals surface area contributed by atoms with Crippen LogP contribution in [0.3, 0.4) is 0 Å². The Morgan fingerprint density at radius 2 is 1.74 bits per heavy atom. The van der Waals surface area contributed by atoms with Gasteiger partial charge in [0.1, 0.15) is 5.75 Å². The zero-order valence-electron chi connectivity index (χ0n) is 16.5. The van der Waals surface area contributed by atoms with Gasteiger partial charge in [-0.05, 0) is 68.0 Å². The molecule has 3 N–H and O–H groups in total. The van der Waals surface area contributed by atoms with Crippen molar-refractivity contribution < 1.29 is 9.53 Å². The van der Waals surface area contributed by atoms with E-state index >= 15 is 0 Å². The number of anilines is 1. The number of nitrogen functional groups attached to an aromatic ring is 1.